The quantitative estimate of drug-likeness (QED) is 0.777. The van der Waals surface area contributed by atoms with Crippen LogP contribution in [-0.4, -0.2) is 85.7 Å². The molecule has 0 radical (unpaired) electrons. The van der Waals surface area contributed by atoms with Gasteiger partial charge in [-0.1, -0.05) is 31.2 Å². The van der Waals surface area contributed by atoms with E-state index in [4.69, 9.17) is 4.74 Å². The first kappa shape index (κ1) is 19.9. The van der Waals surface area contributed by atoms with Crippen LogP contribution in [0.15, 0.2) is 24.3 Å². The van der Waals surface area contributed by atoms with Crippen LogP contribution in [0.3, 0.4) is 0 Å². The number of hydrogen-bond donors (Lipinski definition) is 0. The van der Waals surface area contributed by atoms with Crippen LogP contribution in [-0.2, 0) is 22.4 Å². The predicted octanol–water partition coefficient (Wildman–Crippen LogP) is 2.05. The first-order valence-corrected chi connectivity index (χ1v) is 11.0. The average Bonchev–Trinajstić information content (AvgIpc) is 3.14. The molecule has 2 saturated heterocycles. The molecule has 4 rings (SSSR count). The topological polar surface area (TPSA) is 36.0 Å². The van der Waals surface area contributed by atoms with Crippen molar-refractivity contribution in [1.82, 2.24) is 14.7 Å². The van der Waals surface area contributed by atoms with Gasteiger partial charge in [0.2, 0.25) is 5.91 Å². The number of benzene rings is 1. The van der Waals surface area contributed by atoms with Crippen LogP contribution in [0.1, 0.15) is 30.9 Å². The normalized spacial score (nSPS) is 25.6. The van der Waals surface area contributed by atoms with Gasteiger partial charge in [-0.2, -0.15) is 0 Å². The molecule has 2 heterocycles. The molecule has 3 aliphatic rings. The first-order chi connectivity index (χ1) is 13.7. The van der Waals surface area contributed by atoms with Gasteiger partial charge >= 0.3 is 0 Å². The molecule has 28 heavy (non-hydrogen) atoms. The largest absolute Gasteiger partial charge is 0.384 e. The van der Waals surface area contributed by atoms with Crippen LogP contribution in [0.5, 0.6) is 0 Å². The fourth-order valence-corrected chi connectivity index (χ4v) is 5.51. The zero-order chi connectivity index (χ0) is 19.6. The summed E-state index contributed by atoms with van der Waals surface area (Å²) in [5.74, 6) is 0.829. The summed E-state index contributed by atoms with van der Waals surface area (Å²) >= 11 is 0. The zero-order valence-electron chi connectivity index (χ0n) is 17.5. The van der Waals surface area contributed by atoms with Crippen molar-refractivity contribution in [1.29, 1.82) is 0 Å². The van der Waals surface area contributed by atoms with Crippen molar-refractivity contribution < 1.29 is 9.53 Å². The van der Waals surface area contributed by atoms with E-state index < -0.39 is 5.54 Å². The van der Waals surface area contributed by atoms with Gasteiger partial charge in [0.25, 0.3) is 0 Å². The Morgan fingerprint density at radius 2 is 1.79 bits per heavy atom. The molecule has 2 aliphatic heterocycles. The lowest BCUT2D eigenvalue weighted by Gasteiger charge is -2.47. The Hall–Kier alpha value is -1.43. The molecule has 1 aromatic rings. The number of rotatable bonds is 5. The fourth-order valence-electron chi connectivity index (χ4n) is 5.51. The van der Waals surface area contributed by atoms with Gasteiger partial charge in [-0.05, 0) is 36.4 Å². The summed E-state index contributed by atoms with van der Waals surface area (Å²) in [5.41, 5.74) is 2.33. The van der Waals surface area contributed by atoms with Gasteiger partial charge in [-0.25, -0.2) is 0 Å². The molecule has 5 nitrogen and oxygen atoms in total. The van der Waals surface area contributed by atoms with Crippen LogP contribution in [0, 0.1) is 5.92 Å². The smallest absolute Gasteiger partial charge is 0.243 e. The van der Waals surface area contributed by atoms with E-state index in [0.29, 0.717) is 11.8 Å². The van der Waals surface area contributed by atoms with Crippen molar-refractivity contribution in [3.8, 4) is 0 Å². The molecule has 0 spiro atoms. The van der Waals surface area contributed by atoms with Gasteiger partial charge in [0.15, 0.2) is 0 Å². The van der Waals surface area contributed by atoms with Crippen LogP contribution in [0.2, 0.25) is 0 Å². The molecule has 0 N–H and O–H groups in total. The van der Waals surface area contributed by atoms with E-state index in [1.165, 1.54) is 17.5 Å². The van der Waals surface area contributed by atoms with E-state index in [9.17, 15) is 4.79 Å². The van der Waals surface area contributed by atoms with Gasteiger partial charge in [0.1, 0.15) is 5.54 Å². The Balaban J connectivity index is 1.58. The summed E-state index contributed by atoms with van der Waals surface area (Å²) in [4.78, 5) is 21.2. The lowest BCUT2D eigenvalue weighted by atomic mass is 9.88. The number of fused-ring (bicyclic) bond motifs is 1. The maximum atomic E-state index is 14.0. The average molecular weight is 386 g/mol. The number of likely N-dealkylation sites (tertiary alicyclic amines) is 1. The number of nitrogens with zero attached hydrogens (tertiary/aromatic N) is 3. The second-order valence-electron chi connectivity index (χ2n) is 8.79. The Morgan fingerprint density at radius 3 is 2.39 bits per heavy atom. The van der Waals surface area contributed by atoms with Gasteiger partial charge in [0, 0.05) is 59.2 Å². The molecule has 1 atom stereocenters. The Kier molecular flexibility index (Phi) is 6.04. The highest BCUT2D eigenvalue weighted by molar-refractivity contribution is 5.88. The summed E-state index contributed by atoms with van der Waals surface area (Å²) in [6, 6.07) is 8.67. The minimum atomic E-state index is -0.390. The number of ether oxygens (including phenoxy) is 1. The Morgan fingerprint density at radius 1 is 1.11 bits per heavy atom. The third kappa shape index (κ3) is 3.72. The van der Waals surface area contributed by atoms with E-state index >= 15 is 0 Å². The van der Waals surface area contributed by atoms with Gasteiger partial charge in [-0.3, -0.25) is 9.69 Å². The fraction of sp³-hybridized carbons (Fsp3) is 0.696. The second kappa shape index (κ2) is 8.52. The number of piperazine rings is 1. The highest BCUT2D eigenvalue weighted by Gasteiger charge is 2.51. The molecule has 0 aromatic heterocycles. The lowest BCUT2D eigenvalue weighted by Crippen LogP contribution is -2.65. The van der Waals surface area contributed by atoms with Gasteiger partial charge < -0.3 is 14.5 Å². The predicted molar refractivity (Wildman–Crippen MR) is 111 cm³/mol. The van der Waals surface area contributed by atoms with E-state index in [2.05, 4.69) is 45.9 Å². The molecular weight excluding hydrogens is 350 g/mol. The summed E-state index contributed by atoms with van der Waals surface area (Å²) in [6.45, 7) is 9.93. The minimum absolute atomic E-state index is 0.356. The standard InChI is InChI=1S/C23H35N3O2/c1-3-24-11-13-26(14-12-24)23(15-20-8-4-5-9-21(20)16-23)22(27)25-10-6-7-19(17-25)18-28-2/h4-5,8-9,19H,3,6-7,10-18H2,1-2H3. The highest BCUT2D eigenvalue weighted by atomic mass is 16.5. The summed E-state index contributed by atoms with van der Waals surface area (Å²) in [6.07, 6.45) is 3.98. The monoisotopic (exact) mass is 385 g/mol. The zero-order valence-corrected chi connectivity index (χ0v) is 17.5. The Labute approximate surface area is 169 Å². The summed E-state index contributed by atoms with van der Waals surface area (Å²) in [5, 5.41) is 0. The van der Waals surface area contributed by atoms with E-state index in [1.54, 1.807) is 7.11 Å². The van der Waals surface area contributed by atoms with Crippen molar-refractivity contribution in [3.05, 3.63) is 35.4 Å². The van der Waals surface area contributed by atoms with Crippen molar-refractivity contribution in [2.45, 2.75) is 38.1 Å². The molecule has 1 amide bonds. The summed E-state index contributed by atoms with van der Waals surface area (Å²) < 4.78 is 5.40. The number of carbonyl (C=O) groups excluding carboxylic acids is 1. The third-order valence-electron chi connectivity index (χ3n) is 7.12. The maximum Gasteiger partial charge on any atom is 0.243 e. The number of likely N-dealkylation sites (N-methyl/N-ethyl adjacent to an activating group) is 1. The number of piperidine rings is 1. The molecular formula is C23H35N3O2. The SMILES string of the molecule is CCN1CCN(C2(C(=O)N3CCCC(COC)C3)Cc3ccccc3C2)CC1. The van der Waals surface area contributed by atoms with Crippen molar-refractivity contribution in [3.63, 3.8) is 0 Å². The van der Waals surface area contributed by atoms with Crippen LogP contribution in [0.4, 0.5) is 0 Å². The first-order valence-electron chi connectivity index (χ1n) is 11.0. The van der Waals surface area contributed by atoms with Gasteiger partial charge in [-0.15, -0.1) is 0 Å². The molecule has 0 bridgehead atoms. The molecule has 1 aromatic carbocycles. The number of amides is 1. The molecule has 1 aliphatic carbocycles. The van der Waals surface area contributed by atoms with Gasteiger partial charge in [0.05, 0.1) is 6.61 Å². The van der Waals surface area contributed by atoms with Crippen molar-refractivity contribution in [2.24, 2.45) is 5.92 Å². The van der Waals surface area contributed by atoms with E-state index in [1.807, 2.05) is 0 Å². The van der Waals surface area contributed by atoms with Crippen molar-refractivity contribution >= 4 is 5.91 Å². The molecule has 1 unspecified atom stereocenters. The second-order valence-corrected chi connectivity index (χ2v) is 8.79. The minimum Gasteiger partial charge on any atom is -0.384 e. The Bertz CT molecular complexity index is 657. The van der Waals surface area contributed by atoms with Crippen LogP contribution >= 0.6 is 0 Å². The van der Waals surface area contributed by atoms with Crippen LogP contribution in [0.25, 0.3) is 0 Å². The molecule has 2 fully saturated rings. The molecule has 154 valence electrons. The van der Waals surface area contributed by atoms with E-state index in [0.717, 1.165) is 71.7 Å². The summed E-state index contributed by atoms with van der Waals surface area (Å²) in [7, 11) is 1.77. The number of carbonyl (C=O) groups is 1. The van der Waals surface area contributed by atoms with Crippen molar-refractivity contribution in [2.75, 3.05) is 59.5 Å². The lowest BCUT2D eigenvalue weighted by molar-refractivity contribution is -0.148. The highest BCUT2D eigenvalue weighted by Crippen LogP contribution is 2.37. The third-order valence-corrected chi connectivity index (χ3v) is 7.12. The number of hydrogen-bond acceptors (Lipinski definition) is 4. The molecule has 5 heteroatoms. The maximum absolute atomic E-state index is 14.0. The number of methoxy groups -OCH3 is 1. The molecule has 0 saturated carbocycles. The van der Waals surface area contributed by atoms with E-state index in [-0.39, 0.29) is 0 Å². The van der Waals surface area contributed by atoms with Crippen LogP contribution < -0.4 is 0 Å².